The largest absolute Gasteiger partial charge is 0.504 e. The average Bonchev–Trinajstić information content (AvgIpc) is 2.38. The molecule has 0 bridgehead atoms. The van der Waals surface area contributed by atoms with E-state index in [1.54, 1.807) is 20.8 Å². The van der Waals surface area contributed by atoms with Gasteiger partial charge >= 0.3 is 0 Å². The van der Waals surface area contributed by atoms with Crippen molar-refractivity contribution in [1.82, 2.24) is 9.38 Å². The van der Waals surface area contributed by atoms with Gasteiger partial charge in [-0.25, -0.2) is 4.98 Å². The number of hydrogen-bond donors (Lipinski definition) is 1. The SMILES string of the molecule is CC.Cc1nc2c(O)c(C)c(Cl)cn2c(=O)c1C. The van der Waals surface area contributed by atoms with Crippen LogP contribution >= 0.6 is 11.6 Å². The predicted molar refractivity (Wildman–Crippen MR) is 73.7 cm³/mol. The summed E-state index contributed by atoms with van der Waals surface area (Å²) in [5.41, 5.74) is 1.73. The Morgan fingerprint density at radius 2 is 1.78 bits per heavy atom. The summed E-state index contributed by atoms with van der Waals surface area (Å²) in [6, 6.07) is 0. The molecule has 2 heterocycles. The first kappa shape index (κ1) is 14.5. The van der Waals surface area contributed by atoms with E-state index in [4.69, 9.17) is 11.6 Å². The molecule has 0 aliphatic heterocycles. The molecule has 0 amide bonds. The third-order valence-electron chi connectivity index (χ3n) is 2.75. The van der Waals surface area contributed by atoms with Crippen LogP contribution in [-0.4, -0.2) is 14.5 Å². The van der Waals surface area contributed by atoms with E-state index in [1.807, 2.05) is 13.8 Å². The van der Waals surface area contributed by atoms with Gasteiger partial charge in [0.1, 0.15) is 0 Å². The molecule has 98 valence electrons. The highest BCUT2D eigenvalue weighted by Gasteiger charge is 2.13. The van der Waals surface area contributed by atoms with Gasteiger partial charge in [0.2, 0.25) is 0 Å². The Labute approximate surface area is 111 Å². The summed E-state index contributed by atoms with van der Waals surface area (Å²) in [5.74, 6) is -0.0484. The standard InChI is InChI=1S/C11H11ClN2O2.C2H6/c1-5-7(3)13-10-9(15)6(2)8(12)4-14(10)11(5)16;1-2/h4,15H,1-3H3;1-2H3. The van der Waals surface area contributed by atoms with Gasteiger partial charge in [-0.15, -0.1) is 0 Å². The van der Waals surface area contributed by atoms with Crippen LogP contribution < -0.4 is 5.56 Å². The minimum absolute atomic E-state index is 0.0484. The molecular weight excluding hydrogens is 252 g/mol. The lowest BCUT2D eigenvalue weighted by atomic mass is 10.2. The van der Waals surface area contributed by atoms with E-state index in [0.29, 0.717) is 21.8 Å². The molecule has 0 fully saturated rings. The van der Waals surface area contributed by atoms with Gasteiger partial charge in [0.05, 0.1) is 5.02 Å². The van der Waals surface area contributed by atoms with E-state index in [2.05, 4.69) is 4.98 Å². The Hall–Kier alpha value is -1.55. The third kappa shape index (κ3) is 2.20. The fraction of sp³-hybridized carbons (Fsp3) is 0.385. The number of aromatic nitrogens is 2. The second-order valence-corrected chi connectivity index (χ2v) is 4.18. The number of halogens is 1. The van der Waals surface area contributed by atoms with Gasteiger partial charge in [-0.1, -0.05) is 25.4 Å². The molecule has 4 nitrogen and oxygen atoms in total. The molecule has 2 aromatic heterocycles. The van der Waals surface area contributed by atoms with Crippen LogP contribution in [-0.2, 0) is 0 Å². The van der Waals surface area contributed by atoms with E-state index in [9.17, 15) is 9.90 Å². The highest BCUT2D eigenvalue weighted by molar-refractivity contribution is 6.31. The van der Waals surface area contributed by atoms with E-state index in [-0.39, 0.29) is 17.0 Å². The van der Waals surface area contributed by atoms with Gasteiger partial charge in [-0.3, -0.25) is 9.20 Å². The quantitative estimate of drug-likeness (QED) is 0.799. The summed E-state index contributed by atoms with van der Waals surface area (Å²) < 4.78 is 1.27. The fourth-order valence-corrected chi connectivity index (χ4v) is 1.69. The molecule has 18 heavy (non-hydrogen) atoms. The van der Waals surface area contributed by atoms with Crippen molar-refractivity contribution in [2.45, 2.75) is 34.6 Å². The minimum Gasteiger partial charge on any atom is -0.504 e. The van der Waals surface area contributed by atoms with Crippen LogP contribution in [0.15, 0.2) is 11.0 Å². The van der Waals surface area contributed by atoms with Gasteiger partial charge in [-0.2, -0.15) is 0 Å². The van der Waals surface area contributed by atoms with Crippen LogP contribution in [0.3, 0.4) is 0 Å². The summed E-state index contributed by atoms with van der Waals surface area (Å²) in [7, 11) is 0. The molecule has 0 aliphatic rings. The van der Waals surface area contributed by atoms with Crippen LogP contribution in [0.4, 0.5) is 0 Å². The van der Waals surface area contributed by atoms with Crippen molar-refractivity contribution in [2.75, 3.05) is 0 Å². The Balaban J connectivity index is 0.000000771. The first-order valence-electron chi connectivity index (χ1n) is 5.81. The second-order valence-electron chi connectivity index (χ2n) is 3.77. The summed E-state index contributed by atoms with van der Waals surface area (Å²) in [6.07, 6.45) is 1.48. The van der Waals surface area contributed by atoms with Crippen LogP contribution in [0.25, 0.3) is 5.65 Å². The van der Waals surface area contributed by atoms with Crippen LogP contribution in [0.2, 0.25) is 5.02 Å². The normalized spacial score (nSPS) is 10.1. The number of aromatic hydroxyl groups is 1. The first-order chi connectivity index (χ1) is 8.43. The molecule has 5 heteroatoms. The van der Waals surface area contributed by atoms with Gasteiger partial charge in [-0.05, 0) is 20.8 Å². The molecule has 0 aliphatic carbocycles. The fourth-order valence-electron chi connectivity index (χ4n) is 1.51. The van der Waals surface area contributed by atoms with Crippen LogP contribution in [0, 0.1) is 20.8 Å². The molecule has 0 atom stereocenters. The molecule has 2 aromatic rings. The van der Waals surface area contributed by atoms with Crippen LogP contribution in [0.5, 0.6) is 5.75 Å². The van der Waals surface area contributed by atoms with Gasteiger partial charge in [0.25, 0.3) is 5.56 Å². The molecule has 2 rings (SSSR count). The maximum Gasteiger partial charge on any atom is 0.261 e. The van der Waals surface area contributed by atoms with Gasteiger partial charge < -0.3 is 5.11 Å². The van der Waals surface area contributed by atoms with E-state index in [0.717, 1.165) is 0 Å². The highest BCUT2D eigenvalue weighted by Crippen LogP contribution is 2.27. The summed E-state index contributed by atoms with van der Waals surface area (Å²) >= 11 is 5.91. The summed E-state index contributed by atoms with van der Waals surface area (Å²) in [5, 5.41) is 10.2. The van der Waals surface area contributed by atoms with Gasteiger partial charge in [0.15, 0.2) is 11.4 Å². The highest BCUT2D eigenvalue weighted by atomic mass is 35.5. The lowest BCUT2D eigenvalue weighted by Gasteiger charge is -2.09. The van der Waals surface area contributed by atoms with Crippen molar-refractivity contribution in [3.63, 3.8) is 0 Å². The number of aryl methyl sites for hydroxylation is 1. The number of rotatable bonds is 0. The van der Waals surface area contributed by atoms with Crippen molar-refractivity contribution in [1.29, 1.82) is 0 Å². The second kappa shape index (κ2) is 5.40. The Kier molecular flexibility index (Phi) is 4.35. The smallest absolute Gasteiger partial charge is 0.261 e. The molecular formula is C13H17ClN2O2. The van der Waals surface area contributed by atoms with Crippen molar-refractivity contribution >= 4 is 17.2 Å². The van der Waals surface area contributed by atoms with Crippen molar-refractivity contribution in [2.24, 2.45) is 0 Å². The van der Waals surface area contributed by atoms with Crippen molar-refractivity contribution in [3.8, 4) is 5.75 Å². The first-order valence-corrected chi connectivity index (χ1v) is 6.19. The molecule has 0 aromatic carbocycles. The molecule has 1 N–H and O–H groups in total. The van der Waals surface area contributed by atoms with Crippen molar-refractivity contribution < 1.29 is 5.11 Å². The zero-order chi connectivity index (χ0) is 14.0. The topological polar surface area (TPSA) is 54.6 Å². The lowest BCUT2D eigenvalue weighted by molar-refractivity contribution is 0.472. The number of hydrogen-bond acceptors (Lipinski definition) is 3. The lowest BCUT2D eigenvalue weighted by Crippen LogP contribution is -2.19. The minimum atomic E-state index is -0.209. The summed E-state index contributed by atoms with van der Waals surface area (Å²) in [6.45, 7) is 9.11. The van der Waals surface area contributed by atoms with E-state index >= 15 is 0 Å². The third-order valence-corrected chi connectivity index (χ3v) is 3.13. The van der Waals surface area contributed by atoms with Gasteiger partial charge in [0, 0.05) is 23.0 Å². The maximum atomic E-state index is 11.9. The average molecular weight is 269 g/mol. The maximum absolute atomic E-state index is 11.9. The van der Waals surface area contributed by atoms with E-state index in [1.165, 1.54) is 10.6 Å². The summed E-state index contributed by atoms with van der Waals surface area (Å²) in [4.78, 5) is 16.1. The Bertz CT molecular complexity index is 648. The predicted octanol–water partition coefficient (Wildman–Crippen LogP) is 3.00. The van der Waals surface area contributed by atoms with Crippen LogP contribution in [0.1, 0.15) is 30.7 Å². The zero-order valence-electron chi connectivity index (χ0n) is 11.2. The molecule has 0 saturated carbocycles. The number of pyridine rings is 1. The molecule has 0 saturated heterocycles. The van der Waals surface area contributed by atoms with E-state index < -0.39 is 0 Å². The monoisotopic (exact) mass is 268 g/mol. The number of fused-ring (bicyclic) bond motifs is 1. The molecule has 0 radical (unpaired) electrons. The zero-order valence-corrected chi connectivity index (χ0v) is 12.0. The molecule has 0 unspecified atom stereocenters. The molecule has 0 spiro atoms. The van der Waals surface area contributed by atoms with Crippen molar-refractivity contribution in [3.05, 3.63) is 38.4 Å². The Morgan fingerprint density at radius 1 is 1.22 bits per heavy atom. The number of nitrogens with zero attached hydrogens (tertiary/aromatic N) is 2. The Morgan fingerprint density at radius 3 is 2.33 bits per heavy atom.